The molecule has 0 saturated carbocycles. The zero-order valence-corrected chi connectivity index (χ0v) is 16.1. The molecule has 0 saturated heterocycles. The van der Waals surface area contributed by atoms with E-state index in [2.05, 4.69) is 15.0 Å². The first-order valence-electron chi connectivity index (χ1n) is 8.81. The standard InChI is InChI=1S/C20H17N5O3S/c21-16-15-17(25(20(28)22-15)10-12-5-2-1-3-6-12)24-19(23-16)29-11-13-7-4-8-14(9-13)18(26)27/h1-9H,10-11H2,(H,22,28)(H,26,27)(H2,21,23,24)/p+1. The van der Waals surface area contributed by atoms with E-state index < -0.39 is 5.97 Å². The Morgan fingerprint density at radius 2 is 1.93 bits per heavy atom. The Morgan fingerprint density at radius 3 is 2.69 bits per heavy atom. The number of hydrogen-bond donors (Lipinski definition) is 3. The average molecular weight is 408 g/mol. The number of H-pyrrole nitrogens is 2. The molecule has 0 unspecified atom stereocenters. The Balaban J connectivity index is 1.64. The van der Waals surface area contributed by atoms with Crippen molar-refractivity contribution in [1.29, 1.82) is 0 Å². The number of thioether (sulfide) groups is 1. The van der Waals surface area contributed by atoms with Crippen LogP contribution in [0.4, 0.5) is 5.82 Å². The van der Waals surface area contributed by atoms with Gasteiger partial charge in [0.25, 0.3) is 10.8 Å². The van der Waals surface area contributed by atoms with E-state index in [-0.39, 0.29) is 17.1 Å². The number of imidazole rings is 1. The van der Waals surface area contributed by atoms with E-state index in [0.29, 0.717) is 28.6 Å². The van der Waals surface area contributed by atoms with E-state index in [9.17, 15) is 9.59 Å². The van der Waals surface area contributed by atoms with Crippen LogP contribution in [0.25, 0.3) is 11.2 Å². The highest BCUT2D eigenvalue weighted by molar-refractivity contribution is 7.98. The van der Waals surface area contributed by atoms with Crippen molar-refractivity contribution in [3.8, 4) is 0 Å². The molecule has 0 radical (unpaired) electrons. The number of fused-ring (bicyclic) bond motifs is 1. The second-order valence-corrected chi connectivity index (χ2v) is 7.41. The molecule has 0 aliphatic rings. The summed E-state index contributed by atoms with van der Waals surface area (Å²) in [6.07, 6.45) is 0. The number of hydrogen-bond acceptors (Lipinski definition) is 5. The lowest BCUT2D eigenvalue weighted by molar-refractivity contribution is -0.406. The molecule has 0 spiro atoms. The fourth-order valence-electron chi connectivity index (χ4n) is 3.01. The van der Waals surface area contributed by atoms with Gasteiger partial charge in [-0.2, -0.15) is 0 Å². The fourth-order valence-corrected chi connectivity index (χ4v) is 3.83. The smallest absolute Gasteiger partial charge is 0.384 e. The molecule has 2 aromatic carbocycles. The Hall–Kier alpha value is -3.59. The Labute approximate surface area is 169 Å². The predicted octanol–water partition coefficient (Wildman–Crippen LogP) is 2.16. The largest absolute Gasteiger partial charge is 0.478 e. The monoisotopic (exact) mass is 408 g/mol. The summed E-state index contributed by atoms with van der Waals surface area (Å²) >= 11 is 1.38. The minimum atomic E-state index is -0.968. The van der Waals surface area contributed by atoms with Crippen LogP contribution in [-0.2, 0) is 12.3 Å². The third kappa shape index (κ3) is 3.99. The summed E-state index contributed by atoms with van der Waals surface area (Å²) in [6, 6.07) is 16.4. The van der Waals surface area contributed by atoms with Crippen LogP contribution in [0.5, 0.6) is 0 Å². The number of carboxylic acids is 1. The minimum absolute atomic E-state index is 0.226. The van der Waals surface area contributed by atoms with Crippen molar-refractivity contribution in [2.45, 2.75) is 17.5 Å². The van der Waals surface area contributed by atoms with Crippen LogP contribution in [0.15, 0.2) is 64.5 Å². The third-order valence-corrected chi connectivity index (χ3v) is 5.36. The topological polar surface area (TPSA) is 128 Å². The minimum Gasteiger partial charge on any atom is -0.478 e. The predicted molar refractivity (Wildman–Crippen MR) is 110 cm³/mol. The molecule has 2 aromatic heterocycles. The van der Waals surface area contributed by atoms with Gasteiger partial charge < -0.3 is 10.8 Å². The molecule has 9 heteroatoms. The van der Waals surface area contributed by atoms with Crippen molar-refractivity contribution >= 4 is 34.7 Å². The first-order valence-corrected chi connectivity index (χ1v) is 9.80. The van der Waals surface area contributed by atoms with Gasteiger partial charge in [0, 0.05) is 5.75 Å². The second-order valence-electron chi connectivity index (χ2n) is 6.45. The van der Waals surface area contributed by atoms with Crippen molar-refractivity contribution < 1.29 is 14.9 Å². The molecule has 0 amide bonds. The lowest BCUT2D eigenvalue weighted by atomic mass is 10.1. The Kier molecular flexibility index (Phi) is 5.05. The van der Waals surface area contributed by atoms with E-state index in [1.165, 1.54) is 11.8 Å². The highest BCUT2D eigenvalue weighted by atomic mass is 32.2. The molecule has 0 aliphatic heterocycles. The molecule has 4 aromatic rings. The Bertz CT molecular complexity index is 1250. The van der Waals surface area contributed by atoms with E-state index in [1.54, 1.807) is 22.8 Å². The summed E-state index contributed by atoms with van der Waals surface area (Å²) in [4.78, 5) is 33.8. The number of aromatic nitrogens is 4. The number of benzene rings is 2. The molecule has 29 heavy (non-hydrogen) atoms. The molecule has 2 heterocycles. The van der Waals surface area contributed by atoms with Crippen molar-refractivity contribution in [3.05, 3.63) is 81.8 Å². The number of aromatic carboxylic acids is 1. The fraction of sp³-hybridized carbons (Fsp3) is 0.100. The number of carboxylic acid groups (broad SMARTS) is 1. The first kappa shape index (κ1) is 18.8. The van der Waals surface area contributed by atoms with Gasteiger partial charge in [0.15, 0.2) is 5.52 Å². The summed E-state index contributed by atoms with van der Waals surface area (Å²) < 4.78 is 1.58. The van der Waals surface area contributed by atoms with Crippen LogP contribution < -0.4 is 16.4 Å². The average Bonchev–Trinajstić information content (AvgIpc) is 3.03. The van der Waals surface area contributed by atoms with Gasteiger partial charge in [-0.05, 0) is 35.0 Å². The maximum absolute atomic E-state index is 12.4. The molecule has 0 bridgehead atoms. The zero-order valence-electron chi connectivity index (χ0n) is 15.3. The van der Waals surface area contributed by atoms with Gasteiger partial charge in [0.1, 0.15) is 0 Å². The van der Waals surface area contributed by atoms with Crippen molar-refractivity contribution in [2.75, 3.05) is 5.73 Å². The summed E-state index contributed by atoms with van der Waals surface area (Å²) in [5, 5.41) is 9.66. The zero-order chi connectivity index (χ0) is 20.4. The van der Waals surface area contributed by atoms with Crippen LogP contribution in [-0.4, -0.2) is 25.6 Å². The molecular weight excluding hydrogens is 390 g/mol. The number of nitrogens with two attached hydrogens (primary N) is 1. The molecule has 5 N–H and O–H groups in total. The van der Waals surface area contributed by atoms with Crippen LogP contribution in [0.2, 0.25) is 0 Å². The summed E-state index contributed by atoms with van der Waals surface area (Å²) in [5.74, 6) is -0.239. The number of nitrogen functional groups attached to an aromatic ring is 1. The number of carbonyl (C=O) groups is 1. The van der Waals surface area contributed by atoms with Crippen molar-refractivity contribution in [1.82, 2.24) is 14.5 Å². The van der Waals surface area contributed by atoms with Gasteiger partial charge >= 0.3 is 11.7 Å². The van der Waals surface area contributed by atoms with Gasteiger partial charge in [-0.3, -0.25) is 4.98 Å². The van der Waals surface area contributed by atoms with Crippen LogP contribution in [0.1, 0.15) is 21.5 Å². The first-order chi connectivity index (χ1) is 14.0. The maximum Gasteiger partial charge on any atom is 0.384 e. The molecule has 4 rings (SSSR count). The van der Waals surface area contributed by atoms with Gasteiger partial charge in [-0.25, -0.2) is 19.1 Å². The van der Waals surface area contributed by atoms with Crippen LogP contribution in [0, 0.1) is 0 Å². The van der Waals surface area contributed by atoms with E-state index in [1.807, 2.05) is 36.4 Å². The number of aromatic amines is 2. The third-order valence-electron chi connectivity index (χ3n) is 4.42. The van der Waals surface area contributed by atoms with Crippen LogP contribution >= 0.6 is 11.8 Å². The quantitative estimate of drug-likeness (QED) is 0.331. The van der Waals surface area contributed by atoms with Gasteiger partial charge in [-0.1, -0.05) is 47.4 Å². The molecule has 0 aliphatic carbocycles. The molecule has 0 atom stereocenters. The molecule has 146 valence electrons. The van der Waals surface area contributed by atoms with Crippen molar-refractivity contribution in [2.24, 2.45) is 0 Å². The maximum atomic E-state index is 12.4. The van der Waals surface area contributed by atoms with Crippen LogP contribution in [0.3, 0.4) is 0 Å². The van der Waals surface area contributed by atoms with Gasteiger partial charge in [0.2, 0.25) is 5.82 Å². The second kappa shape index (κ2) is 7.80. The SMILES string of the molecule is Nc1nc(SCc2cccc(C(=O)O)c2)[nH+]c2c1[nH]c(=O)n2Cc1ccccc1. The summed E-state index contributed by atoms with van der Waals surface area (Å²) in [6.45, 7) is 0.393. The lowest BCUT2D eigenvalue weighted by Gasteiger charge is -2.02. The molecule has 0 fully saturated rings. The summed E-state index contributed by atoms with van der Waals surface area (Å²) in [7, 11) is 0. The number of anilines is 1. The molecular formula is C20H18N5O3S+. The highest BCUT2D eigenvalue weighted by Crippen LogP contribution is 2.21. The summed E-state index contributed by atoms with van der Waals surface area (Å²) in [5.41, 5.74) is 8.88. The number of nitrogens with one attached hydrogen (secondary N) is 2. The number of rotatable bonds is 6. The van der Waals surface area contributed by atoms with Crippen molar-refractivity contribution in [3.63, 3.8) is 0 Å². The highest BCUT2D eigenvalue weighted by Gasteiger charge is 2.20. The Morgan fingerprint density at radius 1 is 1.17 bits per heavy atom. The van der Waals surface area contributed by atoms with Gasteiger partial charge in [0.05, 0.1) is 12.1 Å². The van der Waals surface area contributed by atoms with E-state index in [0.717, 1.165) is 11.1 Å². The molecule has 8 nitrogen and oxygen atoms in total. The van der Waals surface area contributed by atoms with E-state index >= 15 is 0 Å². The normalized spacial score (nSPS) is 11.0. The number of nitrogens with zero attached hydrogens (tertiary/aromatic N) is 2. The lowest BCUT2D eigenvalue weighted by Crippen LogP contribution is -2.22. The van der Waals surface area contributed by atoms with E-state index in [4.69, 9.17) is 10.8 Å². The van der Waals surface area contributed by atoms with Gasteiger partial charge in [-0.15, -0.1) is 0 Å².